The second kappa shape index (κ2) is 5.51. The summed E-state index contributed by atoms with van der Waals surface area (Å²) < 4.78 is 35.2. The molecular formula is C11H12F2N4O2. The molecule has 2 rings (SSSR count). The summed E-state index contributed by atoms with van der Waals surface area (Å²) in [7, 11) is 1.38. The van der Waals surface area contributed by atoms with Crippen LogP contribution in [-0.2, 0) is 6.54 Å². The summed E-state index contributed by atoms with van der Waals surface area (Å²) >= 11 is 0. The Hall–Kier alpha value is -2.38. The van der Waals surface area contributed by atoms with Gasteiger partial charge in [0.1, 0.15) is 0 Å². The summed E-state index contributed by atoms with van der Waals surface area (Å²) in [4.78, 5) is 0. The highest BCUT2D eigenvalue weighted by Gasteiger charge is 2.11. The van der Waals surface area contributed by atoms with Crippen LogP contribution < -0.4 is 15.2 Å². The van der Waals surface area contributed by atoms with Gasteiger partial charge in [-0.2, -0.15) is 8.78 Å². The van der Waals surface area contributed by atoms with Crippen LogP contribution in [0.2, 0.25) is 0 Å². The minimum absolute atomic E-state index is 0.0145. The number of nitrogen functional groups attached to an aromatic ring is 1. The maximum absolute atomic E-state index is 12.2. The number of rotatable bonds is 5. The highest BCUT2D eigenvalue weighted by Crippen LogP contribution is 2.29. The van der Waals surface area contributed by atoms with Crippen LogP contribution in [0.5, 0.6) is 11.5 Å². The molecule has 0 atom stereocenters. The zero-order valence-electron chi connectivity index (χ0n) is 10.1. The van der Waals surface area contributed by atoms with Gasteiger partial charge < -0.3 is 15.2 Å². The lowest BCUT2D eigenvalue weighted by Crippen LogP contribution is -2.05. The van der Waals surface area contributed by atoms with Gasteiger partial charge in [-0.1, -0.05) is 11.3 Å². The van der Waals surface area contributed by atoms with E-state index in [1.54, 1.807) is 18.3 Å². The lowest BCUT2D eigenvalue weighted by atomic mass is 10.2. The molecule has 0 amide bonds. The molecule has 1 aromatic heterocycles. The number of aromatic nitrogens is 3. The third-order valence-corrected chi connectivity index (χ3v) is 2.35. The fourth-order valence-corrected chi connectivity index (χ4v) is 1.58. The van der Waals surface area contributed by atoms with E-state index in [1.807, 2.05) is 0 Å². The molecule has 19 heavy (non-hydrogen) atoms. The van der Waals surface area contributed by atoms with Gasteiger partial charge in [0.05, 0.1) is 19.9 Å². The van der Waals surface area contributed by atoms with Gasteiger partial charge in [-0.3, -0.25) is 0 Å². The molecule has 2 aromatic rings. The van der Waals surface area contributed by atoms with Crippen LogP contribution in [0.1, 0.15) is 5.56 Å². The Balaban J connectivity index is 2.18. The molecule has 102 valence electrons. The number of nitrogens with zero attached hydrogens (tertiary/aromatic N) is 3. The third kappa shape index (κ3) is 3.30. The van der Waals surface area contributed by atoms with Gasteiger partial charge in [0.15, 0.2) is 17.3 Å². The van der Waals surface area contributed by atoms with Crippen LogP contribution >= 0.6 is 0 Å². The van der Waals surface area contributed by atoms with E-state index in [4.69, 9.17) is 10.5 Å². The summed E-state index contributed by atoms with van der Waals surface area (Å²) in [6, 6.07) is 4.65. The van der Waals surface area contributed by atoms with Crippen molar-refractivity contribution in [3.8, 4) is 11.5 Å². The third-order valence-electron chi connectivity index (χ3n) is 2.35. The monoisotopic (exact) mass is 270 g/mol. The molecule has 0 bridgehead atoms. The van der Waals surface area contributed by atoms with Crippen molar-refractivity contribution >= 4 is 5.82 Å². The fourth-order valence-electron chi connectivity index (χ4n) is 1.58. The van der Waals surface area contributed by atoms with Crippen molar-refractivity contribution in [2.45, 2.75) is 13.2 Å². The van der Waals surface area contributed by atoms with Crippen molar-refractivity contribution in [1.82, 2.24) is 15.0 Å². The van der Waals surface area contributed by atoms with E-state index in [0.29, 0.717) is 12.4 Å². The Morgan fingerprint density at radius 1 is 1.37 bits per heavy atom. The number of hydrogen-bond donors (Lipinski definition) is 1. The van der Waals surface area contributed by atoms with E-state index in [-0.39, 0.29) is 11.5 Å². The van der Waals surface area contributed by atoms with E-state index in [9.17, 15) is 8.78 Å². The summed E-state index contributed by atoms with van der Waals surface area (Å²) in [5.74, 6) is 0.523. The maximum atomic E-state index is 12.2. The molecule has 0 spiro atoms. The SMILES string of the molecule is COc1cc(Cn2cc(N)nn2)ccc1OC(F)F. The first-order chi connectivity index (χ1) is 9.08. The Kier molecular flexibility index (Phi) is 3.79. The van der Waals surface area contributed by atoms with Crippen molar-refractivity contribution in [2.24, 2.45) is 0 Å². The number of nitrogens with two attached hydrogens (primary N) is 1. The topological polar surface area (TPSA) is 75.2 Å². The van der Waals surface area contributed by atoms with Crippen LogP contribution in [0.15, 0.2) is 24.4 Å². The van der Waals surface area contributed by atoms with Gasteiger partial charge in [-0.15, -0.1) is 5.10 Å². The van der Waals surface area contributed by atoms with E-state index >= 15 is 0 Å². The number of halogens is 2. The van der Waals surface area contributed by atoms with Crippen molar-refractivity contribution in [2.75, 3.05) is 12.8 Å². The van der Waals surface area contributed by atoms with E-state index in [0.717, 1.165) is 5.56 Å². The smallest absolute Gasteiger partial charge is 0.387 e. The minimum atomic E-state index is -2.89. The lowest BCUT2D eigenvalue weighted by molar-refractivity contribution is -0.0512. The summed E-state index contributed by atoms with van der Waals surface area (Å²) in [6.07, 6.45) is 1.57. The van der Waals surface area contributed by atoms with Gasteiger partial charge in [-0.05, 0) is 17.7 Å². The fraction of sp³-hybridized carbons (Fsp3) is 0.273. The molecule has 0 aliphatic rings. The lowest BCUT2D eigenvalue weighted by Gasteiger charge is -2.11. The quantitative estimate of drug-likeness (QED) is 0.891. The van der Waals surface area contributed by atoms with Crippen molar-refractivity contribution < 1.29 is 18.3 Å². The van der Waals surface area contributed by atoms with Crippen molar-refractivity contribution in [3.63, 3.8) is 0 Å². The highest BCUT2D eigenvalue weighted by molar-refractivity contribution is 5.43. The van der Waals surface area contributed by atoms with Crippen LogP contribution in [0.25, 0.3) is 0 Å². The average molecular weight is 270 g/mol. The summed E-state index contributed by atoms with van der Waals surface area (Å²) in [5.41, 5.74) is 6.24. The zero-order valence-corrected chi connectivity index (χ0v) is 10.1. The average Bonchev–Trinajstić information content (AvgIpc) is 2.76. The summed E-state index contributed by atoms with van der Waals surface area (Å²) in [6.45, 7) is -2.50. The number of benzene rings is 1. The van der Waals surface area contributed by atoms with Gasteiger partial charge in [0.25, 0.3) is 0 Å². The predicted octanol–water partition coefficient (Wildman–Crippen LogP) is 1.52. The molecule has 1 aromatic carbocycles. The first-order valence-electron chi connectivity index (χ1n) is 5.36. The Bertz CT molecular complexity index is 559. The molecule has 0 radical (unpaired) electrons. The van der Waals surface area contributed by atoms with E-state index in [2.05, 4.69) is 15.0 Å². The van der Waals surface area contributed by atoms with Gasteiger partial charge in [-0.25, -0.2) is 4.68 Å². The second-order valence-electron chi connectivity index (χ2n) is 3.70. The molecule has 8 heteroatoms. The molecule has 0 unspecified atom stereocenters. The number of anilines is 1. The largest absolute Gasteiger partial charge is 0.493 e. The van der Waals surface area contributed by atoms with Gasteiger partial charge in [0, 0.05) is 0 Å². The van der Waals surface area contributed by atoms with Crippen LogP contribution in [-0.4, -0.2) is 28.7 Å². The maximum Gasteiger partial charge on any atom is 0.387 e. The molecule has 0 saturated heterocycles. The highest BCUT2D eigenvalue weighted by atomic mass is 19.3. The van der Waals surface area contributed by atoms with Gasteiger partial charge >= 0.3 is 6.61 Å². The van der Waals surface area contributed by atoms with E-state index < -0.39 is 6.61 Å². The molecule has 0 aliphatic heterocycles. The zero-order chi connectivity index (χ0) is 13.8. The van der Waals surface area contributed by atoms with Crippen molar-refractivity contribution in [3.05, 3.63) is 30.0 Å². The van der Waals surface area contributed by atoms with Crippen LogP contribution in [0, 0.1) is 0 Å². The molecule has 2 N–H and O–H groups in total. The normalized spacial score (nSPS) is 10.7. The molecule has 0 fully saturated rings. The Morgan fingerprint density at radius 3 is 2.74 bits per heavy atom. The standard InChI is InChI=1S/C11H12F2N4O2/c1-18-9-4-7(2-3-8(9)19-11(12)13)5-17-6-10(14)15-16-17/h2-4,6,11H,5,14H2,1H3. The minimum Gasteiger partial charge on any atom is -0.493 e. The van der Waals surface area contributed by atoms with Crippen LogP contribution in [0.3, 0.4) is 0 Å². The summed E-state index contributed by atoms with van der Waals surface area (Å²) in [5, 5.41) is 7.43. The number of alkyl halides is 2. The number of hydrogen-bond acceptors (Lipinski definition) is 5. The van der Waals surface area contributed by atoms with Crippen molar-refractivity contribution in [1.29, 1.82) is 0 Å². The first-order valence-corrected chi connectivity index (χ1v) is 5.36. The Labute approximate surface area is 107 Å². The molecule has 0 saturated carbocycles. The first kappa shape index (κ1) is 13.1. The molecule has 6 nitrogen and oxygen atoms in total. The molecule has 0 aliphatic carbocycles. The molecular weight excluding hydrogens is 258 g/mol. The van der Waals surface area contributed by atoms with E-state index in [1.165, 1.54) is 17.9 Å². The molecule has 1 heterocycles. The predicted molar refractivity (Wildman–Crippen MR) is 63.2 cm³/mol. The van der Waals surface area contributed by atoms with Gasteiger partial charge in [0.2, 0.25) is 0 Å². The Morgan fingerprint density at radius 2 is 2.16 bits per heavy atom. The number of ether oxygens (including phenoxy) is 2. The number of methoxy groups -OCH3 is 1. The van der Waals surface area contributed by atoms with Crippen LogP contribution in [0.4, 0.5) is 14.6 Å². The second-order valence-corrected chi connectivity index (χ2v) is 3.70.